The number of nitrogens with zero attached hydrogens (tertiary/aromatic N) is 2. The van der Waals surface area contributed by atoms with E-state index in [1.807, 2.05) is 0 Å². The second-order valence-corrected chi connectivity index (χ2v) is 4.78. The Morgan fingerprint density at radius 3 is 2.83 bits per heavy atom. The maximum atomic E-state index is 13.4. The highest BCUT2D eigenvalue weighted by Crippen LogP contribution is 2.24. The summed E-state index contributed by atoms with van der Waals surface area (Å²) in [6, 6.07) is 2.90. The van der Waals surface area contributed by atoms with Crippen molar-refractivity contribution in [3.8, 4) is 0 Å². The number of halogens is 2. The first-order chi connectivity index (χ1) is 8.49. The third-order valence-electron chi connectivity index (χ3n) is 2.56. The van der Waals surface area contributed by atoms with Gasteiger partial charge in [-0.2, -0.15) is 0 Å². The van der Waals surface area contributed by atoms with E-state index >= 15 is 0 Å². The smallest absolute Gasteiger partial charge is 0.273 e. The van der Waals surface area contributed by atoms with Gasteiger partial charge in [0.05, 0.1) is 17.0 Å². The second-order valence-electron chi connectivity index (χ2n) is 3.93. The molecule has 2 rings (SSSR count). The van der Waals surface area contributed by atoms with Gasteiger partial charge in [-0.3, -0.25) is 4.79 Å². The van der Waals surface area contributed by atoms with Crippen molar-refractivity contribution in [2.45, 2.75) is 6.92 Å². The number of anilines is 1. The topological polar surface area (TPSA) is 46.9 Å². The predicted molar refractivity (Wildman–Crippen MR) is 70.0 cm³/mol. The quantitative estimate of drug-likeness (QED) is 0.927. The van der Waals surface area contributed by atoms with Crippen LogP contribution in [0.25, 0.3) is 0 Å². The van der Waals surface area contributed by atoms with Gasteiger partial charge >= 0.3 is 0 Å². The van der Waals surface area contributed by atoms with E-state index in [9.17, 15) is 9.18 Å². The lowest BCUT2D eigenvalue weighted by atomic mass is 10.2. The Balaban J connectivity index is 2.28. The molecule has 1 heterocycles. The third-order valence-corrected chi connectivity index (χ3v) is 3.17. The molecule has 0 radical (unpaired) electrons. The highest BCUT2D eigenvalue weighted by atomic mass is 79.9. The van der Waals surface area contributed by atoms with Crippen molar-refractivity contribution >= 4 is 27.5 Å². The SMILES string of the molecule is Cc1cc(Br)c(F)cc1NC(=O)c1cncn1C. The number of imidazole rings is 1. The van der Waals surface area contributed by atoms with Crippen molar-refractivity contribution in [3.63, 3.8) is 0 Å². The Bertz CT molecular complexity index is 609. The molecule has 6 heteroatoms. The molecule has 1 amide bonds. The summed E-state index contributed by atoms with van der Waals surface area (Å²) in [5, 5.41) is 2.66. The maximum absolute atomic E-state index is 13.4. The van der Waals surface area contributed by atoms with Gasteiger partial charge in [0.15, 0.2) is 0 Å². The second kappa shape index (κ2) is 4.89. The first kappa shape index (κ1) is 12.8. The summed E-state index contributed by atoms with van der Waals surface area (Å²) in [5.41, 5.74) is 1.64. The zero-order valence-corrected chi connectivity index (χ0v) is 11.5. The van der Waals surface area contributed by atoms with Gasteiger partial charge in [0.2, 0.25) is 0 Å². The molecule has 0 fully saturated rings. The number of amides is 1. The molecule has 1 aromatic carbocycles. The number of aryl methyl sites for hydroxylation is 2. The van der Waals surface area contributed by atoms with Crippen molar-refractivity contribution in [3.05, 3.63) is 46.2 Å². The number of hydrogen-bond acceptors (Lipinski definition) is 2. The van der Waals surface area contributed by atoms with E-state index in [1.54, 1.807) is 24.6 Å². The van der Waals surface area contributed by atoms with E-state index in [1.165, 1.54) is 18.6 Å². The van der Waals surface area contributed by atoms with Crippen LogP contribution in [0.3, 0.4) is 0 Å². The summed E-state index contributed by atoms with van der Waals surface area (Å²) in [7, 11) is 1.72. The standard InChI is InChI=1S/C12H11BrFN3O/c1-7-3-8(13)9(14)4-10(7)16-12(18)11-5-15-6-17(11)2/h3-6H,1-2H3,(H,16,18). The molecular weight excluding hydrogens is 301 g/mol. The summed E-state index contributed by atoms with van der Waals surface area (Å²) in [5.74, 6) is -0.735. The number of hydrogen-bond donors (Lipinski definition) is 1. The Labute approximate surface area is 112 Å². The molecule has 0 aliphatic heterocycles. The van der Waals surface area contributed by atoms with Crippen LogP contribution >= 0.6 is 15.9 Å². The first-order valence-electron chi connectivity index (χ1n) is 5.22. The minimum absolute atomic E-state index is 0.320. The molecule has 0 aliphatic rings. The molecule has 2 aromatic rings. The number of carbonyl (C=O) groups excluding carboxylic acids is 1. The lowest BCUT2D eigenvalue weighted by Gasteiger charge is -2.09. The number of benzene rings is 1. The van der Waals surface area contributed by atoms with E-state index in [0.717, 1.165) is 5.56 Å². The Hall–Kier alpha value is -1.69. The lowest BCUT2D eigenvalue weighted by molar-refractivity contribution is 0.101. The molecule has 0 atom stereocenters. The molecule has 0 unspecified atom stereocenters. The van der Waals surface area contributed by atoms with Crippen LogP contribution in [0.4, 0.5) is 10.1 Å². The molecule has 0 aliphatic carbocycles. The van der Waals surface area contributed by atoms with Gasteiger partial charge < -0.3 is 9.88 Å². The van der Waals surface area contributed by atoms with Crippen LogP contribution in [0.5, 0.6) is 0 Å². The van der Waals surface area contributed by atoms with Gasteiger partial charge in [-0.05, 0) is 40.5 Å². The van der Waals surface area contributed by atoms with E-state index in [-0.39, 0.29) is 5.91 Å². The van der Waals surface area contributed by atoms with Crippen LogP contribution in [0.2, 0.25) is 0 Å². The molecule has 4 nitrogen and oxygen atoms in total. The van der Waals surface area contributed by atoms with Crippen molar-refractivity contribution in [1.82, 2.24) is 9.55 Å². The summed E-state index contributed by atoms with van der Waals surface area (Å²) < 4.78 is 15.4. The summed E-state index contributed by atoms with van der Waals surface area (Å²) >= 11 is 3.09. The predicted octanol–water partition coefficient (Wildman–Crippen LogP) is 2.88. The van der Waals surface area contributed by atoms with Crippen molar-refractivity contribution in [2.24, 2.45) is 7.05 Å². The largest absolute Gasteiger partial charge is 0.330 e. The maximum Gasteiger partial charge on any atom is 0.273 e. The molecule has 1 aromatic heterocycles. The minimum atomic E-state index is -0.416. The van der Waals surface area contributed by atoms with E-state index in [2.05, 4.69) is 26.2 Å². The highest BCUT2D eigenvalue weighted by molar-refractivity contribution is 9.10. The summed E-state index contributed by atoms with van der Waals surface area (Å²) in [6.07, 6.45) is 2.99. The molecule has 0 spiro atoms. The van der Waals surface area contributed by atoms with Crippen LogP contribution in [-0.2, 0) is 7.05 Å². The van der Waals surface area contributed by atoms with Gasteiger partial charge in [-0.25, -0.2) is 9.37 Å². The lowest BCUT2D eigenvalue weighted by Crippen LogP contribution is -2.16. The zero-order chi connectivity index (χ0) is 13.3. The van der Waals surface area contributed by atoms with E-state index < -0.39 is 5.82 Å². The Kier molecular flexibility index (Phi) is 3.47. The minimum Gasteiger partial charge on any atom is -0.330 e. The Morgan fingerprint density at radius 1 is 1.50 bits per heavy atom. The summed E-state index contributed by atoms with van der Waals surface area (Å²) in [6.45, 7) is 1.79. The average Bonchev–Trinajstić information content (AvgIpc) is 2.72. The molecule has 94 valence electrons. The van der Waals surface area contributed by atoms with Crippen LogP contribution < -0.4 is 5.32 Å². The fourth-order valence-corrected chi connectivity index (χ4v) is 2.00. The Morgan fingerprint density at radius 2 is 2.22 bits per heavy atom. The number of rotatable bonds is 2. The van der Waals surface area contributed by atoms with Gasteiger partial charge in [0.1, 0.15) is 11.5 Å². The van der Waals surface area contributed by atoms with Crippen LogP contribution in [0.1, 0.15) is 16.1 Å². The molecular formula is C12H11BrFN3O. The van der Waals surface area contributed by atoms with Crippen molar-refractivity contribution in [1.29, 1.82) is 0 Å². The number of aromatic nitrogens is 2. The van der Waals surface area contributed by atoms with Gasteiger partial charge in [0, 0.05) is 12.7 Å². The zero-order valence-electron chi connectivity index (χ0n) is 9.87. The monoisotopic (exact) mass is 311 g/mol. The third kappa shape index (κ3) is 2.43. The van der Waals surface area contributed by atoms with Crippen molar-refractivity contribution in [2.75, 3.05) is 5.32 Å². The van der Waals surface area contributed by atoms with Gasteiger partial charge in [0.25, 0.3) is 5.91 Å². The number of carbonyl (C=O) groups is 1. The van der Waals surface area contributed by atoms with E-state index in [4.69, 9.17) is 0 Å². The molecule has 1 N–H and O–H groups in total. The summed E-state index contributed by atoms with van der Waals surface area (Å²) in [4.78, 5) is 15.8. The van der Waals surface area contributed by atoms with Crippen molar-refractivity contribution < 1.29 is 9.18 Å². The fraction of sp³-hybridized carbons (Fsp3) is 0.167. The average molecular weight is 312 g/mol. The molecule has 0 saturated carbocycles. The van der Waals surface area contributed by atoms with Gasteiger partial charge in [-0.15, -0.1) is 0 Å². The molecule has 18 heavy (non-hydrogen) atoms. The molecule has 0 saturated heterocycles. The fourth-order valence-electron chi connectivity index (χ4n) is 1.54. The highest BCUT2D eigenvalue weighted by Gasteiger charge is 2.12. The normalized spacial score (nSPS) is 10.4. The first-order valence-corrected chi connectivity index (χ1v) is 6.01. The van der Waals surface area contributed by atoms with Gasteiger partial charge in [-0.1, -0.05) is 0 Å². The van der Waals surface area contributed by atoms with E-state index in [0.29, 0.717) is 15.9 Å². The van der Waals surface area contributed by atoms with Crippen LogP contribution in [-0.4, -0.2) is 15.5 Å². The number of nitrogens with one attached hydrogen (secondary N) is 1. The van der Waals surface area contributed by atoms with Crippen LogP contribution in [0.15, 0.2) is 29.1 Å². The molecule has 0 bridgehead atoms. The van der Waals surface area contributed by atoms with Crippen LogP contribution in [0, 0.1) is 12.7 Å².